The first-order valence-electron chi connectivity index (χ1n) is 10.6. The number of halogens is 1. The van der Waals surface area contributed by atoms with Crippen molar-refractivity contribution >= 4 is 29.4 Å². The standard InChI is InChI=1S/C22H33ClN4O3/c1-15-13-16(9-12-27(15)20(29)30-21(2,3)4)24-19(28)22(10-11-22)14-26(5)18-8-6-7-17(23)25-18/h6-8,15-16H,9-14H2,1-5H3,(H,24,28)/t15-,16-/m1/s1. The van der Waals surface area contributed by atoms with Gasteiger partial charge in [-0.05, 0) is 65.5 Å². The van der Waals surface area contributed by atoms with E-state index in [0.29, 0.717) is 18.2 Å². The van der Waals surface area contributed by atoms with Crippen molar-refractivity contribution in [3.63, 3.8) is 0 Å². The zero-order chi connectivity index (χ0) is 22.1. The molecule has 2 atom stereocenters. The average molecular weight is 437 g/mol. The smallest absolute Gasteiger partial charge is 0.410 e. The van der Waals surface area contributed by atoms with E-state index in [1.165, 1.54) is 0 Å². The van der Waals surface area contributed by atoms with Crippen molar-refractivity contribution in [1.29, 1.82) is 0 Å². The summed E-state index contributed by atoms with van der Waals surface area (Å²) in [6.07, 6.45) is 2.92. The molecule has 1 saturated carbocycles. The normalized spacial score (nSPS) is 22.9. The third-order valence-corrected chi connectivity index (χ3v) is 6.02. The van der Waals surface area contributed by atoms with Crippen LogP contribution in [0.2, 0.25) is 5.15 Å². The van der Waals surface area contributed by atoms with Crippen LogP contribution in [0.5, 0.6) is 0 Å². The summed E-state index contributed by atoms with van der Waals surface area (Å²) in [5.41, 5.74) is -0.881. The number of hydrogen-bond acceptors (Lipinski definition) is 5. The molecule has 166 valence electrons. The van der Waals surface area contributed by atoms with Gasteiger partial charge in [-0.1, -0.05) is 17.7 Å². The lowest BCUT2D eigenvalue weighted by Gasteiger charge is -2.39. The molecule has 2 amide bonds. The Morgan fingerprint density at radius 3 is 2.63 bits per heavy atom. The number of pyridine rings is 1. The Kier molecular flexibility index (Phi) is 6.51. The van der Waals surface area contributed by atoms with Gasteiger partial charge in [-0.2, -0.15) is 0 Å². The summed E-state index contributed by atoms with van der Waals surface area (Å²) >= 11 is 6.00. The highest BCUT2D eigenvalue weighted by molar-refractivity contribution is 6.29. The number of aromatic nitrogens is 1. The maximum absolute atomic E-state index is 13.0. The van der Waals surface area contributed by atoms with Crippen molar-refractivity contribution in [2.75, 3.05) is 25.0 Å². The molecule has 1 aliphatic heterocycles. The van der Waals surface area contributed by atoms with Crippen molar-refractivity contribution in [2.24, 2.45) is 5.41 Å². The summed E-state index contributed by atoms with van der Waals surface area (Å²) in [6.45, 7) is 8.81. The van der Waals surface area contributed by atoms with Crippen molar-refractivity contribution in [2.45, 2.75) is 71.1 Å². The largest absolute Gasteiger partial charge is 0.444 e. The van der Waals surface area contributed by atoms with Crippen molar-refractivity contribution in [3.8, 4) is 0 Å². The van der Waals surface area contributed by atoms with Gasteiger partial charge in [-0.25, -0.2) is 9.78 Å². The van der Waals surface area contributed by atoms with E-state index in [1.54, 1.807) is 11.0 Å². The molecule has 0 aromatic carbocycles. The fourth-order valence-electron chi connectivity index (χ4n) is 3.99. The van der Waals surface area contributed by atoms with Crippen LogP contribution in [-0.4, -0.2) is 59.7 Å². The predicted molar refractivity (Wildman–Crippen MR) is 118 cm³/mol. The zero-order valence-corrected chi connectivity index (χ0v) is 19.3. The number of carbonyl (C=O) groups is 2. The molecular formula is C22H33ClN4O3. The second-order valence-electron chi connectivity index (χ2n) is 9.67. The first-order valence-corrected chi connectivity index (χ1v) is 11.0. The number of nitrogens with one attached hydrogen (secondary N) is 1. The van der Waals surface area contributed by atoms with E-state index in [4.69, 9.17) is 16.3 Å². The van der Waals surface area contributed by atoms with E-state index in [2.05, 4.69) is 10.3 Å². The lowest BCUT2D eigenvalue weighted by Crippen LogP contribution is -2.53. The molecule has 0 spiro atoms. The molecule has 2 aliphatic rings. The lowest BCUT2D eigenvalue weighted by molar-refractivity contribution is -0.127. The molecule has 0 bridgehead atoms. The van der Waals surface area contributed by atoms with Crippen LogP contribution in [0.25, 0.3) is 0 Å². The van der Waals surface area contributed by atoms with Gasteiger partial charge in [0, 0.05) is 32.2 Å². The number of anilines is 1. The second kappa shape index (κ2) is 8.61. The number of amides is 2. The quantitative estimate of drug-likeness (QED) is 0.709. The van der Waals surface area contributed by atoms with Gasteiger partial charge >= 0.3 is 6.09 Å². The SMILES string of the molecule is C[C@@H]1C[C@H](NC(=O)C2(CN(C)c3cccc(Cl)n3)CC2)CCN1C(=O)OC(C)(C)C. The predicted octanol–water partition coefficient (Wildman–Crippen LogP) is 3.86. The Hall–Kier alpha value is -2.02. The number of piperidine rings is 1. The molecule has 1 N–H and O–H groups in total. The van der Waals surface area contributed by atoms with Crippen molar-refractivity contribution < 1.29 is 14.3 Å². The summed E-state index contributed by atoms with van der Waals surface area (Å²) in [6, 6.07) is 5.59. The fraction of sp³-hybridized carbons (Fsp3) is 0.682. The van der Waals surface area contributed by atoms with E-state index in [9.17, 15) is 9.59 Å². The molecule has 1 aromatic heterocycles. The number of carbonyl (C=O) groups excluding carboxylic acids is 2. The molecular weight excluding hydrogens is 404 g/mol. The molecule has 7 nitrogen and oxygen atoms in total. The maximum Gasteiger partial charge on any atom is 0.410 e. The molecule has 2 fully saturated rings. The summed E-state index contributed by atoms with van der Waals surface area (Å²) in [5, 5.41) is 3.68. The Bertz CT molecular complexity index is 791. The monoisotopic (exact) mass is 436 g/mol. The van der Waals surface area contributed by atoms with Crippen LogP contribution in [0.1, 0.15) is 53.4 Å². The van der Waals surface area contributed by atoms with E-state index in [1.807, 2.05) is 51.8 Å². The van der Waals surface area contributed by atoms with Crippen LogP contribution < -0.4 is 10.2 Å². The van der Waals surface area contributed by atoms with E-state index >= 15 is 0 Å². The number of likely N-dealkylation sites (tertiary alicyclic amines) is 1. The van der Waals surface area contributed by atoms with Crippen LogP contribution >= 0.6 is 11.6 Å². The number of rotatable bonds is 5. The van der Waals surface area contributed by atoms with Crippen molar-refractivity contribution in [1.82, 2.24) is 15.2 Å². The summed E-state index contributed by atoms with van der Waals surface area (Å²) < 4.78 is 5.50. The highest BCUT2D eigenvalue weighted by atomic mass is 35.5. The first kappa shape index (κ1) is 22.7. The van der Waals surface area contributed by atoms with Gasteiger partial charge in [0.2, 0.25) is 5.91 Å². The van der Waals surface area contributed by atoms with E-state index < -0.39 is 5.60 Å². The third kappa shape index (κ3) is 5.56. The van der Waals surface area contributed by atoms with Gasteiger partial charge in [-0.3, -0.25) is 4.79 Å². The van der Waals surface area contributed by atoms with Crippen molar-refractivity contribution in [3.05, 3.63) is 23.4 Å². The maximum atomic E-state index is 13.0. The molecule has 2 heterocycles. The Balaban J connectivity index is 1.53. The molecule has 0 unspecified atom stereocenters. The summed E-state index contributed by atoms with van der Waals surface area (Å²) in [7, 11) is 1.94. The van der Waals surface area contributed by atoms with Crippen LogP contribution in [-0.2, 0) is 9.53 Å². The molecule has 1 aliphatic carbocycles. The van der Waals surface area contributed by atoms with Gasteiger partial charge in [0.1, 0.15) is 16.6 Å². The van der Waals surface area contributed by atoms with Gasteiger partial charge in [0.15, 0.2) is 0 Å². The van der Waals surface area contributed by atoms with E-state index in [0.717, 1.165) is 31.5 Å². The van der Waals surface area contributed by atoms with Gasteiger partial charge < -0.3 is 19.9 Å². The average Bonchev–Trinajstić information content (AvgIpc) is 3.41. The van der Waals surface area contributed by atoms with Crippen LogP contribution in [0.15, 0.2) is 18.2 Å². The zero-order valence-electron chi connectivity index (χ0n) is 18.6. The van der Waals surface area contributed by atoms with Gasteiger partial charge in [-0.15, -0.1) is 0 Å². The Labute approximate surface area is 184 Å². The van der Waals surface area contributed by atoms with Crippen LogP contribution in [0.3, 0.4) is 0 Å². The lowest BCUT2D eigenvalue weighted by atomic mass is 9.97. The highest BCUT2D eigenvalue weighted by Gasteiger charge is 2.51. The third-order valence-electron chi connectivity index (χ3n) is 5.81. The minimum atomic E-state index is -0.510. The fourth-order valence-corrected chi connectivity index (χ4v) is 4.15. The van der Waals surface area contributed by atoms with Crippen LogP contribution in [0, 0.1) is 5.41 Å². The highest BCUT2D eigenvalue weighted by Crippen LogP contribution is 2.47. The molecule has 30 heavy (non-hydrogen) atoms. The molecule has 3 rings (SSSR count). The second-order valence-corrected chi connectivity index (χ2v) is 10.1. The van der Waals surface area contributed by atoms with Crippen LogP contribution in [0.4, 0.5) is 10.6 Å². The number of hydrogen-bond donors (Lipinski definition) is 1. The number of nitrogens with zero attached hydrogens (tertiary/aromatic N) is 3. The summed E-state index contributed by atoms with van der Waals surface area (Å²) in [4.78, 5) is 33.5. The van der Waals surface area contributed by atoms with Gasteiger partial charge in [0.05, 0.1) is 5.41 Å². The first-order chi connectivity index (χ1) is 14.0. The summed E-state index contributed by atoms with van der Waals surface area (Å²) in [5.74, 6) is 0.861. The van der Waals surface area contributed by atoms with Gasteiger partial charge in [0.25, 0.3) is 0 Å². The molecule has 1 aromatic rings. The molecule has 0 radical (unpaired) electrons. The molecule has 8 heteroatoms. The molecule has 1 saturated heterocycles. The minimum Gasteiger partial charge on any atom is -0.444 e. The Morgan fingerprint density at radius 1 is 1.37 bits per heavy atom. The van der Waals surface area contributed by atoms with E-state index in [-0.39, 0.29) is 29.5 Å². The topological polar surface area (TPSA) is 74.8 Å². The minimum absolute atomic E-state index is 0.0207. The number of ether oxygens (including phenoxy) is 1. The Morgan fingerprint density at radius 2 is 2.07 bits per heavy atom.